The molecule has 0 spiro atoms. The van der Waals surface area contributed by atoms with Crippen molar-refractivity contribution in [2.45, 2.75) is 25.5 Å². The minimum atomic E-state index is 0.184. The van der Waals surface area contributed by atoms with Gasteiger partial charge in [-0.2, -0.15) is 0 Å². The highest BCUT2D eigenvalue weighted by Crippen LogP contribution is 2.37. The third-order valence-electron chi connectivity index (χ3n) is 2.94. The zero-order chi connectivity index (χ0) is 16.0. The molecule has 2 rings (SSSR count). The molecule has 0 N–H and O–H groups in total. The van der Waals surface area contributed by atoms with E-state index < -0.39 is 0 Å². The number of hydrogen-bond donors (Lipinski definition) is 0. The number of benzene rings is 2. The smallest absolute Gasteiger partial charge is 0.0834 e. The molecule has 0 bridgehead atoms. The highest BCUT2D eigenvalue weighted by molar-refractivity contribution is 8.22. The number of rotatable bonds is 4. The topological polar surface area (TPSA) is 0 Å². The van der Waals surface area contributed by atoms with Gasteiger partial charge in [-0.25, -0.2) is 0 Å². The van der Waals surface area contributed by atoms with Crippen molar-refractivity contribution in [2.75, 3.05) is 6.26 Å². The quantitative estimate of drug-likeness (QED) is 0.592. The van der Waals surface area contributed by atoms with E-state index in [9.17, 15) is 0 Å². The Hall–Kier alpha value is -1.34. The molecule has 0 saturated heterocycles. The normalized spacial score (nSPS) is 10.9. The van der Waals surface area contributed by atoms with E-state index in [4.69, 9.17) is 0 Å². The van der Waals surface area contributed by atoms with Crippen LogP contribution < -0.4 is 0 Å². The molecule has 0 aliphatic rings. The van der Waals surface area contributed by atoms with Crippen molar-refractivity contribution in [1.82, 2.24) is 0 Å². The van der Waals surface area contributed by atoms with Gasteiger partial charge in [0.25, 0.3) is 0 Å². The lowest BCUT2D eigenvalue weighted by Gasteiger charge is -2.17. The van der Waals surface area contributed by atoms with Crippen LogP contribution in [0.3, 0.4) is 0 Å². The van der Waals surface area contributed by atoms with Gasteiger partial charge in [0, 0.05) is 10.3 Å². The molecule has 0 amide bonds. The van der Waals surface area contributed by atoms with E-state index in [1.54, 1.807) is 11.8 Å². The Kier molecular flexibility index (Phi) is 6.02. The summed E-state index contributed by atoms with van der Waals surface area (Å²) in [6, 6.07) is 21.0. The van der Waals surface area contributed by atoms with Crippen LogP contribution in [0.25, 0.3) is 5.57 Å². The van der Waals surface area contributed by atoms with Crippen molar-refractivity contribution in [1.29, 1.82) is 0 Å². The number of hydrogen-bond acceptors (Lipinski definition) is 2. The molecule has 0 aliphatic heterocycles. The lowest BCUT2D eigenvalue weighted by Crippen LogP contribution is -2.06. The van der Waals surface area contributed by atoms with Gasteiger partial charge in [0.05, 0.1) is 4.24 Å². The molecule has 22 heavy (non-hydrogen) atoms. The van der Waals surface area contributed by atoms with Crippen LogP contribution in [0.5, 0.6) is 0 Å². The van der Waals surface area contributed by atoms with Gasteiger partial charge in [-0.05, 0) is 17.4 Å². The summed E-state index contributed by atoms with van der Waals surface area (Å²) in [5, 5.41) is 0. The number of thioether (sulfide) groups is 2. The summed E-state index contributed by atoms with van der Waals surface area (Å²) in [7, 11) is 0. The second-order valence-electron chi connectivity index (χ2n) is 5.94. The third-order valence-corrected chi connectivity index (χ3v) is 5.06. The van der Waals surface area contributed by atoms with E-state index in [-0.39, 0.29) is 4.75 Å². The monoisotopic (exact) mass is 326 g/mol. The van der Waals surface area contributed by atoms with Crippen molar-refractivity contribution in [2.24, 2.45) is 0 Å². The van der Waals surface area contributed by atoms with Crippen LogP contribution in [0, 0.1) is 0 Å². The van der Waals surface area contributed by atoms with Gasteiger partial charge in [0.15, 0.2) is 0 Å². The first-order valence-electron chi connectivity index (χ1n) is 7.34. The first-order valence-corrected chi connectivity index (χ1v) is 9.38. The molecule has 114 valence electrons. The molecule has 0 heterocycles. The van der Waals surface area contributed by atoms with Gasteiger partial charge in [0.1, 0.15) is 0 Å². The van der Waals surface area contributed by atoms with E-state index in [1.807, 2.05) is 11.8 Å². The maximum atomic E-state index is 3.65. The Balaban J connectivity index is 2.60. The maximum Gasteiger partial charge on any atom is 0.0834 e. The highest BCUT2D eigenvalue weighted by atomic mass is 32.2. The zero-order valence-electron chi connectivity index (χ0n) is 13.6. The summed E-state index contributed by atoms with van der Waals surface area (Å²) in [5.74, 6) is 0. The fraction of sp³-hybridized carbons (Fsp3) is 0.250. The summed E-state index contributed by atoms with van der Waals surface area (Å²) in [6.07, 6.45) is 2.12. The molecule has 0 radical (unpaired) electrons. The van der Waals surface area contributed by atoms with Crippen LogP contribution >= 0.6 is 23.5 Å². The Morgan fingerprint density at radius 1 is 0.818 bits per heavy atom. The molecular weight excluding hydrogens is 304 g/mol. The van der Waals surface area contributed by atoms with Crippen LogP contribution in [0.15, 0.2) is 70.6 Å². The molecule has 2 aromatic rings. The van der Waals surface area contributed by atoms with Crippen LogP contribution in [-0.4, -0.2) is 11.0 Å². The molecule has 0 unspecified atom stereocenters. The zero-order valence-corrected chi connectivity index (χ0v) is 15.2. The van der Waals surface area contributed by atoms with Gasteiger partial charge in [-0.3, -0.25) is 0 Å². The predicted octanol–water partition coefficient (Wildman–Crippen LogP) is 6.45. The Morgan fingerprint density at radius 3 is 1.64 bits per heavy atom. The predicted molar refractivity (Wildman–Crippen MR) is 103 cm³/mol. The van der Waals surface area contributed by atoms with Crippen molar-refractivity contribution in [3.63, 3.8) is 0 Å². The molecule has 2 aromatic carbocycles. The van der Waals surface area contributed by atoms with Gasteiger partial charge in [0.2, 0.25) is 0 Å². The maximum absolute atomic E-state index is 3.65. The van der Waals surface area contributed by atoms with Crippen LogP contribution in [0.4, 0.5) is 0 Å². The van der Waals surface area contributed by atoms with Crippen molar-refractivity contribution in [3.05, 3.63) is 81.8 Å². The molecule has 0 aromatic heterocycles. The van der Waals surface area contributed by atoms with Crippen molar-refractivity contribution >= 4 is 29.1 Å². The Labute approximate surface area is 142 Å². The molecule has 2 heteroatoms. The largest absolute Gasteiger partial charge is 0.114 e. The summed E-state index contributed by atoms with van der Waals surface area (Å²) in [4.78, 5) is 0. The van der Waals surface area contributed by atoms with Crippen LogP contribution in [-0.2, 0) is 0 Å². The molecule has 0 atom stereocenters. The van der Waals surface area contributed by atoms with Crippen LogP contribution in [0.1, 0.15) is 31.9 Å². The standard InChI is InChI=1S/C20H22S2/c1-20(2,3)22-19(21-4)15-18(16-11-7-5-8-12-16)17-13-9-6-10-14-17/h5-14H,1-4H3. The van der Waals surface area contributed by atoms with Crippen molar-refractivity contribution in [3.8, 4) is 0 Å². The van der Waals surface area contributed by atoms with E-state index in [1.165, 1.54) is 15.4 Å². The lowest BCUT2D eigenvalue weighted by molar-refractivity contribution is 0.807. The van der Waals surface area contributed by atoms with E-state index >= 15 is 0 Å². The lowest BCUT2D eigenvalue weighted by atomic mass is 9.99. The average Bonchev–Trinajstić information content (AvgIpc) is 2.52. The van der Waals surface area contributed by atoms with E-state index in [0.717, 1.165) is 5.57 Å². The first-order chi connectivity index (χ1) is 10.5. The third kappa shape index (κ3) is 5.14. The molecule has 0 aliphatic carbocycles. The minimum Gasteiger partial charge on any atom is -0.114 e. The highest BCUT2D eigenvalue weighted by Gasteiger charge is 2.14. The molecule has 0 nitrogen and oxygen atoms in total. The first kappa shape index (κ1) is 17.0. The van der Waals surface area contributed by atoms with Gasteiger partial charge in [-0.15, -0.1) is 23.5 Å². The average molecular weight is 327 g/mol. The molecule has 0 saturated carbocycles. The Morgan fingerprint density at radius 2 is 1.27 bits per heavy atom. The molecular formula is C20H22S2. The van der Waals surface area contributed by atoms with Gasteiger partial charge < -0.3 is 0 Å². The van der Waals surface area contributed by atoms with Gasteiger partial charge in [-0.1, -0.05) is 87.2 Å². The van der Waals surface area contributed by atoms with E-state index in [0.29, 0.717) is 0 Å². The summed E-state index contributed by atoms with van der Waals surface area (Å²) in [6.45, 7) is 6.71. The fourth-order valence-electron chi connectivity index (χ4n) is 2.02. The van der Waals surface area contributed by atoms with E-state index in [2.05, 4.69) is 93.4 Å². The van der Waals surface area contributed by atoms with Crippen LogP contribution in [0.2, 0.25) is 0 Å². The SMILES string of the molecule is CSC(=C=C(c1ccccc1)c1ccccc1)SC(C)(C)C. The summed E-state index contributed by atoms with van der Waals surface area (Å²) in [5.41, 5.74) is 7.21. The summed E-state index contributed by atoms with van der Waals surface area (Å²) < 4.78 is 1.40. The second-order valence-corrected chi connectivity index (χ2v) is 8.85. The second kappa shape index (κ2) is 7.78. The summed E-state index contributed by atoms with van der Waals surface area (Å²) >= 11 is 3.63. The fourth-order valence-corrected chi connectivity index (χ4v) is 4.02. The molecule has 0 fully saturated rings. The minimum absolute atomic E-state index is 0.184. The van der Waals surface area contributed by atoms with Crippen molar-refractivity contribution < 1.29 is 0 Å². The Bertz CT molecular complexity index is 616. The van der Waals surface area contributed by atoms with Gasteiger partial charge >= 0.3 is 0 Å².